The number of benzene rings is 1. The summed E-state index contributed by atoms with van der Waals surface area (Å²) in [5, 5.41) is 5.13. The fraction of sp³-hybridized carbons (Fsp3) is 0.476. The van der Waals surface area contributed by atoms with Gasteiger partial charge in [-0.1, -0.05) is 6.07 Å². The van der Waals surface area contributed by atoms with Gasteiger partial charge >= 0.3 is 0 Å². The van der Waals surface area contributed by atoms with E-state index in [1.807, 2.05) is 0 Å². The van der Waals surface area contributed by atoms with Gasteiger partial charge in [0.25, 0.3) is 5.91 Å². The zero-order valence-electron chi connectivity index (χ0n) is 17.8. The van der Waals surface area contributed by atoms with Crippen LogP contribution >= 0.6 is 11.3 Å². The molecule has 1 aromatic heterocycles. The molecule has 0 radical (unpaired) electrons. The molecule has 2 fully saturated rings. The van der Waals surface area contributed by atoms with Crippen molar-refractivity contribution in [2.24, 2.45) is 5.92 Å². The highest BCUT2D eigenvalue weighted by Crippen LogP contribution is 2.25. The Morgan fingerprint density at radius 2 is 2.00 bits per heavy atom. The van der Waals surface area contributed by atoms with Crippen molar-refractivity contribution in [3.63, 3.8) is 0 Å². The third-order valence-corrected chi connectivity index (χ3v) is 8.37. The summed E-state index contributed by atoms with van der Waals surface area (Å²) in [5.74, 6) is -0.747. The predicted octanol–water partition coefficient (Wildman–Crippen LogP) is 1.96. The van der Waals surface area contributed by atoms with E-state index in [2.05, 4.69) is 10.3 Å². The second-order valence-electron chi connectivity index (χ2n) is 7.91. The van der Waals surface area contributed by atoms with Gasteiger partial charge in [0.05, 0.1) is 24.0 Å². The molecule has 172 valence electrons. The molecule has 1 atom stereocenters. The Bertz CT molecular complexity index is 1080. The molecular formula is C21H26N4O5S2. The first-order chi connectivity index (χ1) is 15.4. The van der Waals surface area contributed by atoms with Crippen LogP contribution in [0.3, 0.4) is 0 Å². The number of likely N-dealkylation sites (tertiary alicyclic amines) is 1. The highest BCUT2D eigenvalue weighted by Gasteiger charge is 2.31. The molecule has 2 aliphatic rings. The van der Waals surface area contributed by atoms with E-state index >= 15 is 0 Å². The quantitative estimate of drug-likeness (QED) is 0.704. The first-order valence-electron chi connectivity index (χ1n) is 10.5. The third kappa shape index (κ3) is 4.85. The lowest BCUT2D eigenvalue weighted by atomic mass is 9.96. The minimum atomic E-state index is -3.71. The van der Waals surface area contributed by atoms with Gasteiger partial charge in [0.1, 0.15) is 0 Å². The summed E-state index contributed by atoms with van der Waals surface area (Å²) >= 11 is 1.34. The molecule has 32 heavy (non-hydrogen) atoms. The fourth-order valence-corrected chi connectivity index (χ4v) is 5.93. The normalized spacial score (nSPS) is 20.2. The average Bonchev–Trinajstić information content (AvgIpc) is 3.32. The molecule has 2 aliphatic heterocycles. The van der Waals surface area contributed by atoms with Crippen LogP contribution in [0.4, 0.5) is 5.13 Å². The number of hydrogen-bond donors (Lipinski definition) is 1. The van der Waals surface area contributed by atoms with Crippen molar-refractivity contribution in [2.75, 3.05) is 44.7 Å². The van der Waals surface area contributed by atoms with Crippen LogP contribution in [0.25, 0.3) is 0 Å². The lowest BCUT2D eigenvalue weighted by Crippen LogP contribution is -2.44. The van der Waals surface area contributed by atoms with E-state index in [0.29, 0.717) is 61.9 Å². The number of carbonyl (C=O) groups is 2. The van der Waals surface area contributed by atoms with Crippen molar-refractivity contribution in [2.45, 2.75) is 24.7 Å². The van der Waals surface area contributed by atoms with Gasteiger partial charge in [0.2, 0.25) is 15.9 Å². The monoisotopic (exact) mass is 478 g/mol. The molecule has 3 heterocycles. The SMILES string of the molecule is Cc1ccc(S(=O)(=O)N2CCOCC2)cc1C(=O)N1CCCC(C(=O)Nc2nccs2)C1. The molecule has 4 rings (SSSR count). The summed E-state index contributed by atoms with van der Waals surface area (Å²) < 4.78 is 32.7. The maximum atomic E-state index is 13.3. The van der Waals surface area contributed by atoms with Gasteiger partial charge in [-0.25, -0.2) is 13.4 Å². The number of amides is 2. The number of aryl methyl sites for hydroxylation is 1. The first-order valence-corrected chi connectivity index (χ1v) is 12.9. The largest absolute Gasteiger partial charge is 0.379 e. The number of thiazole rings is 1. The number of carbonyl (C=O) groups excluding carboxylic acids is 2. The number of nitrogens with one attached hydrogen (secondary N) is 1. The number of ether oxygens (including phenoxy) is 1. The number of sulfonamides is 1. The smallest absolute Gasteiger partial charge is 0.254 e. The number of hydrogen-bond acceptors (Lipinski definition) is 7. The summed E-state index contributed by atoms with van der Waals surface area (Å²) in [4.78, 5) is 31.8. The average molecular weight is 479 g/mol. The summed E-state index contributed by atoms with van der Waals surface area (Å²) in [6.45, 7) is 3.90. The van der Waals surface area contributed by atoms with Gasteiger partial charge in [-0.05, 0) is 37.5 Å². The first kappa shape index (κ1) is 22.8. The second-order valence-corrected chi connectivity index (χ2v) is 10.7. The highest BCUT2D eigenvalue weighted by molar-refractivity contribution is 7.89. The van der Waals surface area contributed by atoms with Crippen LogP contribution in [0.5, 0.6) is 0 Å². The fourth-order valence-electron chi connectivity index (χ4n) is 3.97. The number of piperidine rings is 1. The molecule has 0 bridgehead atoms. The van der Waals surface area contributed by atoms with Crippen molar-refractivity contribution < 1.29 is 22.7 Å². The molecule has 1 aromatic carbocycles. The van der Waals surface area contributed by atoms with E-state index in [4.69, 9.17) is 4.74 Å². The van der Waals surface area contributed by atoms with Gasteiger partial charge in [-0.2, -0.15) is 4.31 Å². The molecular weight excluding hydrogens is 452 g/mol. The number of anilines is 1. The summed E-state index contributed by atoms with van der Waals surface area (Å²) in [6, 6.07) is 4.66. The van der Waals surface area contributed by atoms with Crippen LogP contribution in [-0.4, -0.2) is 73.8 Å². The van der Waals surface area contributed by atoms with Crippen molar-refractivity contribution in [3.8, 4) is 0 Å². The van der Waals surface area contributed by atoms with Crippen LogP contribution in [0.1, 0.15) is 28.8 Å². The van der Waals surface area contributed by atoms with Crippen LogP contribution in [0.2, 0.25) is 0 Å². The standard InChI is InChI=1S/C21H26N4O5S2/c1-15-4-5-17(32(28,29)25-8-10-30-11-9-25)13-18(15)20(27)24-7-2-3-16(14-24)19(26)23-21-22-6-12-31-21/h4-6,12-13,16H,2-3,7-11,14H2,1H3,(H,22,23,26). The zero-order chi connectivity index (χ0) is 22.7. The Balaban J connectivity index is 1.51. The molecule has 0 aliphatic carbocycles. The molecule has 2 aromatic rings. The minimum absolute atomic E-state index is 0.100. The lowest BCUT2D eigenvalue weighted by Gasteiger charge is -2.32. The van der Waals surface area contributed by atoms with Gasteiger partial charge in [0, 0.05) is 43.3 Å². The lowest BCUT2D eigenvalue weighted by molar-refractivity contribution is -0.121. The van der Waals surface area contributed by atoms with E-state index in [1.54, 1.807) is 29.5 Å². The molecule has 9 nitrogen and oxygen atoms in total. The summed E-state index contributed by atoms with van der Waals surface area (Å²) in [6.07, 6.45) is 3.01. The Kier molecular flexibility index (Phi) is 6.89. The van der Waals surface area contributed by atoms with Gasteiger partial charge in [0.15, 0.2) is 5.13 Å². The Morgan fingerprint density at radius 3 is 2.72 bits per heavy atom. The van der Waals surface area contributed by atoms with E-state index in [9.17, 15) is 18.0 Å². The topological polar surface area (TPSA) is 109 Å². The number of morpholine rings is 1. The van der Waals surface area contributed by atoms with Gasteiger partial charge in [-0.3, -0.25) is 9.59 Å². The maximum absolute atomic E-state index is 13.3. The highest BCUT2D eigenvalue weighted by atomic mass is 32.2. The molecule has 2 amide bonds. The maximum Gasteiger partial charge on any atom is 0.254 e. The molecule has 1 unspecified atom stereocenters. The Labute approximate surface area is 191 Å². The number of rotatable bonds is 5. The second kappa shape index (κ2) is 9.65. The predicted molar refractivity (Wildman–Crippen MR) is 120 cm³/mol. The number of aromatic nitrogens is 1. The summed E-state index contributed by atoms with van der Waals surface area (Å²) in [5.41, 5.74) is 1.05. The van der Waals surface area contributed by atoms with Crippen LogP contribution in [0.15, 0.2) is 34.7 Å². The molecule has 2 saturated heterocycles. The molecule has 0 saturated carbocycles. The minimum Gasteiger partial charge on any atom is -0.379 e. The third-order valence-electron chi connectivity index (χ3n) is 5.79. The zero-order valence-corrected chi connectivity index (χ0v) is 19.5. The van der Waals surface area contributed by atoms with Gasteiger partial charge in [-0.15, -0.1) is 11.3 Å². The van der Waals surface area contributed by atoms with Crippen molar-refractivity contribution >= 4 is 38.3 Å². The van der Waals surface area contributed by atoms with Gasteiger partial charge < -0.3 is 15.0 Å². The number of nitrogens with zero attached hydrogens (tertiary/aromatic N) is 3. The van der Waals surface area contributed by atoms with E-state index < -0.39 is 10.0 Å². The summed E-state index contributed by atoms with van der Waals surface area (Å²) in [7, 11) is -3.71. The van der Waals surface area contributed by atoms with Crippen LogP contribution < -0.4 is 5.32 Å². The Hall–Kier alpha value is -2.34. The van der Waals surface area contributed by atoms with Crippen molar-refractivity contribution in [1.82, 2.24) is 14.2 Å². The van der Waals surface area contributed by atoms with E-state index in [0.717, 1.165) is 0 Å². The Morgan fingerprint density at radius 1 is 1.22 bits per heavy atom. The van der Waals surface area contributed by atoms with Crippen molar-refractivity contribution in [1.29, 1.82) is 0 Å². The molecule has 11 heteroatoms. The molecule has 1 N–H and O–H groups in total. The molecule has 0 spiro atoms. The van der Waals surface area contributed by atoms with Crippen LogP contribution in [-0.2, 0) is 19.6 Å². The van der Waals surface area contributed by atoms with Crippen molar-refractivity contribution in [3.05, 3.63) is 40.9 Å². The van der Waals surface area contributed by atoms with Crippen LogP contribution in [0, 0.1) is 12.8 Å². The van der Waals surface area contributed by atoms with E-state index in [1.165, 1.54) is 27.8 Å². The van der Waals surface area contributed by atoms with E-state index in [-0.39, 0.29) is 29.2 Å².